The van der Waals surface area contributed by atoms with E-state index in [0.717, 1.165) is 21.7 Å². The maximum Gasteiger partial charge on any atom is 0.258 e. The predicted octanol–water partition coefficient (Wildman–Crippen LogP) is 7.65. The van der Waals surface area contributed by atoms with Crippen LogP contribution in [0, 0.1) is 13.8 Å². The Hall–Kier alpha value is -2.66. The van der Waals surface area contributed by atoms with Gasteiger partial charge >= 0.3 is 0 Å². The molecular formula is C24H18Cl2N2OS. The first kappa shape index (κ1) is 20.6. The second kappa shape index (κ2) is 8.60. The molecule has 4 rings (SSSR count). The number of anilines is 1. The van der Waals surface area contributed by atoms with Gasteiger partial charge in [0.2, 0.25) is 0 Å². The third-order valence-corrected chi connectivity index (χ3v) is 6.41. The maximum atomic E-state index is 12.8. The molecule has 0 aliphatic carbocycles. The van der Waals surface area contributed by atoms with Gasteiger partial charge in [-0.1, -0.05) is 83.1 Å². The lowest BCUT2D eigenvalue weighted by Crippen LogP contribution is -2.12. The summed E-state index contributed by atoms with van der Waals surface area (Å²) in [7, 11) is 0. The van der Waals surface area contributed by atoms with Gasteiger partial charge < -0.3 is 0 Å². The third kappa shape index (κ3) is 4.26. The van der Waals surface area contributed by atoms with Crippen molar-refractivity contribution in [2.24, 2.45) is 0 Å². The zero-order chi connectivity index (χ0) is 21.3. The van der Waals surface area contributed by atoms with E-state index in [0.29, 0.717) is 20.7 Å². The van der Waals surface area contributed by atoms with Crippen LogP contribution >= 0.6 is 34.5 Å². The van der Waals surface area contributed by atoms with Crippen LogP contribution in [0.5, 0.6) is 0 Å². The Morgan fingerprint density at radius 2 is 1.67 bits per heavy atom. The van der Waals surface area contributed by atoms with Gasteiger partial charge in [0, 0.05) is 10.6 Å². The average Bonchev–Trinajstić information content (AvgIpc) is 3.14. The number of halogens is 2. The molecule has 0 atom stereocenters. The number of rotatable bonds is 4. The fourth-order valence-electron chi connectivity index (χ4n) is 3.08. The highest BCUT2D eigenvalue weighted by molar-refractivity contribution is 7.19. The van der Waals surface area contributed by atoms with Crippen LogP contribution in [0.3, 0.4) is 0 Å². The van der Waals surface area contributed by atoms with E-state index in [2.05, 4.69) is 37.4 Å². The number of aryl methyl sites for hydroxylation is 2. The van der Waals surface area contributed by atoms with Crippen LogP contribution in [0.1, 0.15) is 21.5 Å². The van der Waals surface area contributed by atoms with Crippen molar-refractivity contribution in [3.63, 3.8) is 0 Å². The zero-order valence-corrected chi connectivity index (χ0v) is 18.7. The summed E-state index contributed by atoms with van der Waals surface area (Å²) in [5.74, 6) is -0.323. The number of hydrogen-bond donors (Lipinski definition) is 1. The predicted molar refractivity (Wildman–Crippen MR) is 127 cm³/mol. The molecule has 0 radical (unpaired) electrons. The van der Waals surface area contributed by atoms with Crippen LogP contribution in [0.25, 0.3) is 21.7 Å². The Labute approximate surface area is 189 Å². The molecule has 0 saturated carbocycles. The van der Waals surface area contributed by atoms with Crippen LogP contribution in [-0.4, -0.2) is 10.9 Å². The Balaban J connectivity index is 1.75. The highest BCUT2D eigenvalue weighted by Gasteiger charge is 2.18. The van der Waals surface area contributed by atoms with Gasteiger partial charge in [0.1, 0.15) is 0 Å². The minimum absolute atomic E-state index is 0.300. The van der Waals surface area contributed by atoms with E-state index >= 15 is 0 Å². The smallest absolute Gasteiger partial charge is 0.258 e. The normalized spacial score (nSPS) is 10.8. The Morgan fingerprint density at radius 3 is 2.37 bits per heavy atom. The fraction of sp³-hybridized carbons (Fsp3) is 0.0833. The number of benzene rings is 3. The molecule has 0 bridgehead atoms. The minimum atomic E-state index is -0.323. The van der Waals surface area contributed by atoms with Crippen molar-refractivity contribution in [1.29, 1.82) is 0 Å². The zero-order valence-electron chi connectivity index (χ0n) is 16.4. The Morgan fingerprint density at radius 1 is 0.900 bits per heavy atom. The number of amides is 1. The Kier molecular flexibility index (Phi) is 5.91. The Bertz CT molecular complexity index is 1240. The summed E-state index contributed by atoms with van der Waals surface area (Å²) in [6.45, 7) is 4.18. The highest BCUT2D eigenvalue weighted by atomic mass is 35.5. The first-order chi connectivity index (χ1) is 14.4. The van der Waals surface area contributed by atoms with Gasteiger partial charge in [-0.05, 0) is 48.7 Å². The number of aromatic nitrogens is 1. The quantitative estimate of drug-likeness (QED) is 0.345. The lowest BCUT2D eigenvalue weighted by Gasteiger charge is -2.05. The maximum absolute atomic E-state index is 12.8. The molecule has 1 heterocycles. The molecule has 4 aromatic rings. The van der Waals surface area contributed by atoms with Crippen LogP contribution in [-0.2, 0) is 0 Å². The monoisotopic (exact) mass is 452 g/mol. The number of hydrogen-bond acceptors (Lipinski definition) is 3. The van der Waals surface area contributed by atoms with Crippen molar-refractivity contribution in [1.82, 2.24) is 4.98 Å². The molecule has 1 amide bonds. The van der Waals surface area contributed by atoms with Crippen LogP contribution in [0.15, 0.2) is 66.7 Å². The second-order valence-corrected chi connectivity index (χ2v) is 8.78. The minimum Gasteiger partial charge on any atom is -0.298 e. The largest absolute Gasteiger partial charge is 0.298 e. The van der Waals surface area contributed by atoms with Crippen molar-refractivity contribution in [3.05, 3.63) is 93.5 Å². The first-order valence-corrected chi connectivity index (χ1v) is 10.9. The second-order valence-electron chi connectivity index (χ2n) is 6.94. The van der Waals surface area contributed by atoms with Gasteiger partial charge in [0.15, 0.2) is 5.13 Å². The molecule has 6 heteroatoms. The van der Waals surface area contributed by atoms with E-state index in [4.69, 9.17) is 28.2 Å². The highest BCUT2D eigenvalue weighted by Crippen LogP contribution is 2.39. The van der Waals surface area contributed by atoms with E-state index < -0.39 is 0 Å². The molecule has 1 aromatic heterocycles. The summed E-state index contributed by atoms with van der Waals surface area (Å²) >= 11 is 13.6. The van der Waals surface area contributed by atoms with E-state index in [-0.39, 0.29) is 5.91 Å². The number of carbonyl (C=O) groups excluding carboxylic acids is 1. The summed E-state index contributed by atoms with van der Waals surface area (Å²) in [4.78, 5) is 18.5. The lowest BCUT2D eigenvalue weighted by molar-refractivity contribution is 0.102. The van der Waals surface area contributed by atoms with Crippen LogP contribution in [0.4, 0.5) is 5.13 Å². The molecule has 3 aromatic carbocycles. The first-order valence-electron chi connectivity index (χ1n) is 9.32. The van der Waals surface area contributed by atoms with Gasteiger partial charge in [-0.15, -0.1) is 0 Å². The summed E-state index contributed by atoms with van der Waals surface area (Å²) in [5, 5.41) is 4.18. The lowest BCUT2D eigenvalue weighted by atomic mass is 10.0. The number of thiazole rings is 1. The average molecular weight is 453 g/mol. The fourth-order valence-corrected chi connectivity index (χ4v) is 4.55. The van der Waals surface area contributed by atoms with E-state index in [1.165, 1.54) is 22.5 Å². The van der Waals surface area contributed by atoms with Gasteiger partial charge in [-0.2, -0.15) is 0 Å². The number of carbonyl (C=O) groups is 1. The summed E-state index contributed by atoms with van der Waals surface area (Å²) in [6.07, 6.45) is 0. The molecule has 0 saturated heterocycles. The summed E-state index contributed by atoms with van der Waals surface area (Å²) in [6, 6.07) is 21.1. The molecular weight excluding hydrogens is 435 g/mol. The van der Waals surface area contributed by atoms with Crippen LogP contribution < -0.4 is 5.32 Å². The topological polar surface area (TPSA) is 42.0 Å². The van der Waals surface area contributed by atoms with E-state index in [1.807, 2.05) is 30.3 Å². The molecule has 0 unspecified atom stereocenters. The van der Waals surface area contributed by atoms with Crippen molar-refractivity contribution < 1.29 is 4.79 Å². The van der Waals surface area contributed by atoms with Crippen molar-refractivity contribution in [2.45, 2.75) is 13.8 Å². The number of nitrogens with zero attached hydrogens (tertiary/aromatic N) is 1. The third-order valence-electron chi connectivity index (χ3n) is 4.84. The SMILES string of the molecule is Cc1ccc(-c2sc(NC(=O)c3ccc(Cl)cc3Cl)nc2-c2ccccc2)cc1C. The molecule has 0 fully saturated rings. The number of nitrogens with one attached hydrogen (secondary N) is 1. The van der Waals surface area contributed by atoms with Crippen molar-refractivity contribution in [3.8, 4) is 21.7 Å². The van der Waals surface area contributed by atoms with Crippen LogP contribution in [0.2, 0.25) is 10.0 Å². The van der Waals surface area contributed by atoms with Gasteiger partial charge in [-0.25, -0.2) is 4.98 Å². The van der Waals surface area contributed by atoms with E-state index in [1.54, 1.807) is 18.2 Å². The molecule has 0 spiro atoms. The standard InChI is InChI=1S/C24H18Cl2N2OS/c1-14-8-9-17(12-15(14)2)22-21(16-6-4-3-5-7-16)27-24(30-22)28-23(29)19-11-10-18(25)13-20(19)26/h3-13H,1-2H3,(H,27,28,29). The molecule has 150 valence electrons. The van der Waals surface area contributed by atoms with Gasteiger partial charge in [0.25, 0.3) is 5.91 Å². The van der Waals surface area contributed by atoms with Gasteiger partial charge in [0.05, 0.1) is 21.2 Å². The molecule has 3 nitrogen and oxygen atoms in total. The van der Waals surface area contributed by atoms with E-state index in [9.17, 15) is 4.79 Å². The molecule has 0 aliphatic heterocycles. The molecule has 1 N–H and O–H groups in total. The summed E-state index contributed by atoms with van der Waals surface area (Å²) < 4.78 is 0. The van der Waals surface area contributed by atoms with Crippen molar-refractivity contribution in [2.75, 3.05) is 5.32 Å². The molecule has 0 aliphatic rings. The summed E-state index contributed by atoms with van der Waals surface area (Å²) in [5.41, 5.74) is 5.69. The van der Waals surface area contributed by atoms with Crippen molar-refractivity contribution >= 4 is 45.6 Å². The van der Waals surface area contributed by atoms with Gasteiger partial charge in [-0.3, -0.25) is 10.1 Å². The molecule has 30 heavy (non-hydrogen) atoms.